The van der Waals surface area contributed by atoms with Crippen LogP contribution in [-0.2, 0) is 50.3 Å². The van der Waals surface area contributed by atoms with Crippen LogP contribution >= 0.6 is 0 Å². The molecular formula is C53H58N10O7S2. The normalized spacial score (nSPS) is 11.3. The predicted molar refractivity (Wildman–Crippen MR) is 280 cm³/mol. The lowest BCUT2D eigenvalue weighted by Gasteiger charge is -2.12. The van der Waals surface area contributed by atoms with Gasteiger partial charge in [0, 0.05) is 102 Å². The highest BCUT2D eigenvalue weighted by atomic mass is 32.2. The van der Waals surface area contributed by atoms with E-state index in [-0.39, 0.29) is 15.7 Å². The predicted octanol–water partition coefficient (Wildman–Crippen LogP) is 6.92. The molecular weight excluding hydrogens is 953 g/mol. The van der Waals surface area contributed by atoms with E-state index in [1.165, 1.54) is 25.8 Å². The second kappa shape index (κ2) is 22.6. The molecule has 0 saturated heterocycles. The van der Waals surface area contributed by atoms with Gasteiger partial charge >= 0.3 is 5.97 Å². The van der Waals surface area contributed by atoms with E-state index in [4.69, 9.17) is 21.9 Å². The van der Waals surface area contributed by atoms with Gasteiger partial charge in [0.2, 0.25) is 0 Å². The number of hydrogen-bond donors (Lipinski definition) is 4. The fourth-order valence-corrected chi connectivity index (χ4v) is 9.89. The zero-order valence-electron chi connectivity index (χ0n) is 41.7. The van der Waals surface area contributed by atoms with E-state index in [2.05, 4.69) is 35.2 Å². The van der Waals surface area contributed by atoms with Crippen LogP contribution in [0, 0.1) is 41.5 Å². The Balaban J connectivity index is 0.000000200. The van der Waals surface area contributed by atoms with Gasteiger partial charge in [-0.15, -0.1) is 0 Å². The number of pyridine rings is 6. The number of nitrogens with one attached hydrogen (secondary N) is 1. The van der Waals surface area contributed by atoms with Crippen LogP contribution in [0.1, 0.15) is 88.0 Å². The van der Waals surface area contributed by atoms with E-state index < -0.39 is 25.6 Å². The van der Waals surface area contributed by atoms with Gasteiger partial charge in [-0.05, 0) is 159 Å². The van der Waals surface area contributed by atoms with Crippen molar-refractivity contribution in [1.82, 2.24) is 35.2 Å². The summed E-state index contributed by atoms with van der Waals surface area (Å²) in [7, 11) is -5.60. The topological polar surface area (TPSA) is 279 Å². The van der Waals surface area contributed by atoms with E-state index in [9.17, 15) is 26.4 Å². The number of sulfone groups is 2. The number of amides is 1. The van der Waals surface area contributed by atoms with Crippen molar-refractivity contribution in [3.05, 3.63) is 176 Å². The van der Waals surface area contributed by atoms with Crippen molar-refractivity contribution in [2.24, 2.45) is 5.73 Å². The minimum absolute atomic E-state index is 0.182. The summed E-state index contributed by atoms with van der Waals surface area (Å²) in [6.07, 6.45) is 9.52. The first-order valence-corrected chi connectivity index (χ1v) is 26.3. The molecule has 0 fully saturated rings. The van der Waals surface area contributed by atoms with Crippen LogP contribution in [0.5, 0.6) is 0 Å². The number of carbonyl (C=O) groups is 2. The van der Waals surface area contributed by atoms with Crippen LogP contribution in [-0.4, -0.2) is 78.2 Å². The summed E-state index contributed by atoms with van der Waals surface area (Å²) in [5.41, 5.74) is 29.2. The highest BCUT2D eigenvalue weighted by molar-refractivity contribution is 7.91. The molecule has 6 aromatic heterocycles. The number of benzene rings is 2. The van der Waals surface area contributed by atoms with Crippen LogP contribution in [0.15, 0.2) is 107 Å². The third-order valence-electron chi connectivity index (χ3n) is 11.6. The number of aryl methyl sites for hydroxylation is 6. The largest absolute Gasteiger partial charge is 0.465 e. The average molecular weight is 1010 g/mol. The number of nitrogens with two attached hydrogens (primary N) is 3. The lowest BCUT2D eigenvalue weighted by atomic mass is 10.0. The van der Waals surface area contributed by atoms with Gasteiger partial charge in [-0.1, -0.05) is 0 Å². The van der Waals surface area contributed by atoms with Gasteiger partial charge < -0.3 is 27.3 Å². The zero-order valence-corrected chi connectivity index (χ0v) is 43.3. The summed E-state index contributed by atoms with van der Waals surface area (Å²) in [6, 6.07) is 21.1. The molecule has 0 spiro atoms. The molecule has 8 aromatic rings. The number of aromatic nitrogens is 6. The van der Waals surface area contributed by atoms with Crippen molar-refractivity contribution >= 4 is 65.0 Å². The van der Waals surface area contributed by atoms with Gasteiger partial charge in [0.05, 0.1) is 33.5 Å². The number of fused-ring (bicyclic) bond motifs is 2. The summed E-state index contributed by atoms with van der Waals surface area (Å²) in [6.45, 7) is 12.4. The Labute approximate surface area is 419 Å². The number of hydrogen-bond acceptors (Lipinski definition) is 16. The van der Waals surface area contributed by atoms with Gasteiger partial charge in [-0.2, -0.15) is 0 Å². The summed E-state index contributed by atoms with van der Waals surface area (Å²) in [4.78, 5) is 50.5. The number of carbonyl (C=O) groups excluding carboxylic acids is 2. The third-order valence-corrected chi connectivity index (χ3v) is 13.8. The van der Waals surface area contributed by atoms with Crippen molar-refractivity contribution in [3.8, 4) is 0 Å². The van der Waals surface area contributed by atoms with Crippen LogP contribution < -0.4 is 22.5 Å². The Kier molecular flexibility index (Phi) is 16.8. The fraction of sp³-hybridized carbons (Fsp3) is 0.245. The lowest BCUT2D eigenvalue weighted by Crippen LogP contribution is -2.24. The molecule has 0 bridgehead atoms. The molecule has 2 aromatic carbocycles. The molecule has 17 nitrogen and oxygen atoms in total. The molecule has 0 aliphatic carbocycles. The molecule has 1 amide bonds. The third kappa shape index (κ3) is 13.6. The van der Waals surface area contributed by atoms with Crippen LogP contribution in [0.3, 0.4) is 0 Å². The number of rotatable bonds is 11. The molecule has 8 rings (SSSR count). The first-order valence-electron chi connectivity index (χ1n) is 22.5. The number of nitrogens with zero attached hydrogens (tertiary/aromatic N) is 6. The SMILES string of the molecule is COC(=O)c1ccnc(Cc2cc(S(C)(=O)=O)c3ncc(C)cc3c2)c1.Cc1cc(N)nc(C)c1CN.Cc1cnc2c(S(C)(=O)=O)cc(Cc3cc(C(=O)NCc4c(C)cc(N)nc4C)ccn3)cc2c1. The summed E-state index contributed by atoms with van der Waals surface area (Å²) < 4.78 is 54.0. The van der Waals surface area contributed by atoms with E-state index in [0.29, 0.717) is 71.1 Å². The first-order chi connectivity index (χ1) is 33.9. The molecule has 0 saturated carbocycles. The number of nitrogen functional groups attached to an aromatic ring is 2. The second-order valence-electron chi connectivity index (χ2n) is 17.6. The summed E-state index contributed by atoms with van der Waals surface area (Å²) in [5, 5.41) is 4.44. The maximum absolute atomic E-state index is 12.8. The maximum atomic E-state index is 12.8. The minimum atomic E-state index is -3.48. The smallest absolute Gasteiger partial charge is 0.337 e. The average Bonchev–Trinajstić information content (AvgIpc) is 3.30. The zero-order chi connectivity index (χ0) is 52.7. The van der Waals surface area contributed by atoms with Gasteiger partial charge in [0.25, 0.3) is 5.91 Å². The van der Waals surface area contributed by atoms with Gasteiger partial charge in [-0.3, -0.25) is 24.7 Å². The molecule has 72 heavy (non-hydrogen) atoms. The molecule has 0 aliphatic rings. The van der Waals surface area contributed by atoms with Crippen LogP contribution in [0.25, 0.3) is 21.8 Å². The Morgan fingerprint density at radius 3 is 1.47 bits per heavy atom. The molecule has 7 N–H and O–H groups in total. The molecule has 0 aliphatic heterocycles. The number of methoxy groups -OCH3 is 1. The Hall–Kier alpha value is -7.74. The molecule has 0 radical (unpaired) electrons. The Morgan fingerprint density at radius 2 is 1.04 bits per heavy atom. The standard InChI is InChI=1S/C26H27N5O3S.C19H18N2O4S.C8H13N3/c1-15-7-20-9-18(11-23(35(4,33)34)25(20)29-13-15)10-21-12-19(5-6-28-21)26(32)30-14-22-16(2)8-24(27)31-17(22)3;1-12-6-15-7-13(9-17(26(3,23)24)18(15)21-11-12)8-16-10-14(4-5-20-16)19(22)25-2;1-5-3-8(10)11-6(2)7(5)4-9/h5-9,11-13H,10,14H2,1-4H3,(H2,27,31)(H,30,32);4-7,9-11H,8H2,1-3H3;3H,4,9H2,1-2H3,(H2,10,11). The van der Waals surface area contributed by atoms with Crippen LogP contribution in [0.2, 0.25) is 0 Å². The number of esters is 1. The summed E-state index contributed by atoms with van der Waals surface area (Å²) >= 11 is 0. The van der Waals surface area contributed by atoms with Crippen molar-refractivity contribution in [1.29, 1.82) is 0 Å². The first kappa shape index (κ1) is 53.6. The van der Waals surface area contributed by atoms with E-state index in [1.54, 1.807) is 61.1 Å². The number of ether oxygens (including phenoxy) is 1. The van der Waals surface area contributed by atoms with Crippen molar-refractivity contribution in [2.75, 3.05) is 31.1 Å². The monoisotopic (exact) mass is 1010 g/mol. The summed E-state index contributed by atoms with van der Waals surface area (Å²) in [5.74, 6) is 0.341. The molecule has 19 heteroatoms. The second-order valence-corrected chi connectivity index (χ2v) is 21.5. The van der Waals surface area contributed by atoms with Crippen molar-refractivity contribution < 1.29 is 31.2 Å². The maximum Gasteiger partial charge on any atom is 0.337 e. The van der Waals surface area contributed by atoms with Crippen molar-refractivity contribution in [2.45, 2.75) is 77.3 Å². The Bertz CT molecular complexity index is 3560. The molecule has 0 atom stereocenters. The van der Waals surface area contributed by atoms with Crippen molar-refractivity contribution in [3.63, 3.8) is 0 Å². The molecule has 374 valence electrons. The highest BCUT2D eigenvalue weighted by Gasteiger charge is 2.18. The van der Waals surface area contributed by atoms with Gasteiger partial charge in [0.1, 0.15) is 11.6 Å². The molecule has 6 heterocycles. The Morgan fingerprint density at radius 1 is 0.597 bits per heavy atom. The van der Waals surface area contributed by atoms with E-state index >= 15 is 0 Å². The van der Waals surface area contributed by atoms with Crippen LogP contribution in [0.4, 0.5) is 11.6 Å². The van der Waals surface area contributed by atoms with Gasteiger partial charge in [-0.25, -0.2) is 31.6 Å². The van der Waals surface area contributed by atoms with E-state index in [0.717, 1.165) is 66.7 Å². The lowest BCUT2D eigenvalue weighted by molar-refractivity contribution is 0.0600. The quantitative estimate of drug-likeness (QED) is 0.0957. The number of anilines is 2. The van der Waals surface area contributed by atoms with Gasteiger partial charge in [0.15, 0.2) is 19.7 Å². The highest BCUT2D eigenvalue weighted by Crippen LogP contribution is 2.27. The molecule has 0 unspecified atom stereocenters. The minimum Gasteiger partial charge on any atom is -0.465 e. The fourth-order valence-electron chi connectivity index (χ4n) is 8.12. The van der Waals surface area contributed by atoms with E-state index in [1.807, 2.05) is 71.9 Å².